The lowest BCUT2D eigenvalue weighted by Crippen LogP contribution is -2.34. The Hall–Kier alpha value is -6.25. The summed E-state index contributed by atoms with van der Waals surface area (Å²) < 4.78 is 53.2. The van der Waals surface area contributed by atoms with Gasteiger partial charge in [-0.3, -0.25) is 24.4 Å². The van der Waals surface area contributed by atoms with Crippen molar-refractivity contribution < 1.29 is 31.9 Å². The first-order valence-electron chi connectivity index (χ1n) is 16.1. The van der Waals surface area contributed by atoms with Gasteiger partial charge in [0.1, 0.15) is 17.9 Å². The third-order valence-electron chi connectivity index (χ3n) is 7.77. The fourth-order valence-electron chi connectivity index (χ4n) is 5.22. The third kappa shape index (κ3) is 10.2. The molecule has 0 aliphatic heterocycles. The van der Waals surface area contributed by atoms with Gasteiger partial charge in [-0.1, -0.05) is 42.5 Å². The summed E-state index contributed by atoms with van der Waals surface area (Å²) in [4.78, 5) is 47.0. The largest absolute Gasteiger partial charge is 0.368 e. The van der Waals surface area contributed by atoms with Crippen LogP contribution < -0.4 is 21.3 Å². The van der Waals surface area contributed by atoms with Crippen molar-refractivity contribution in [2.45, 2.75) is 19.3 Å². The molecule has 4 N–H and O–H groups in total. The summed E-state index contributed by atoms with van der Waals surface area (Å²) in [5.41, 5.74) is 4.32. The van der Waals surface area contributed by atoms with Gasteiger partial charge in [0.25, 0.3) is 30.6 Å². The number of benzene rings is 2. The van der Waals surface area contributed by atoms with Crippen molar-refractivity contribution in [3.63, 3.8) is 0 Å². The fraction of sp³-hybridized carbons (Fsp3) is 0.216. The van der Waals surface area contributed by atoms with Gasteiger partial charge in [0, 0.05) is 56.6 Å². The molecule has 52 heavy (non-hydrogen) atoms. The number of rotatable bonds is 14. The minimum absolute atomic E-state index is 0.0624. The number of carbonyl (C=O) groups excluding carboxylic acids is 3. The summed E-state index contributed by atoms with van der Waals surface area (Å²) in [5, 5.41) is 11.5. The van der Waals surface area contributed by atoms with Gasteiger partial charge in [-0.05, 0) is 47.5 Å². The average molecular weight is 717 g/mol. The zero-order valence-electron chi connectivity index (χ0n) is 28.2. The number of carbonyl (C=O) groups is 3. The number of aromatic nitrogens is 3. The van der Waals surface area contributed by atoms with Crippen molar-refractivity contribution in [1.29, 1.82) is 0 Å². The molecule has 0 bridgehead atoms. The number of hydrogen-bond donors (Lipinski definition) is 4. The first kappa shape index (κ1) is 37.0. The molecule has 3 amide bonds. The number of aryl methyl sites for hydroxylation is 2. The zero-order chi connectivity index (χ0) is 37.2. The molecule has 0 aliphatic carbocycles. The quantitative estimate of drug-likeness (QED) is 0.0615. The maximum atomic E-state index is 13.1. The lowest BCUT2D eigenvalue weighted by atomic mass is 10.1. The highest BCUT2D eigenvalue weighted by Crippen LogP contribution is 2.19. The standard InChI is InChI=1S/C37H36F4N8O3/c1-48-22-28(16-30(48)36(51)42-14-13-34(44-19-32(38)39)45-20-33(40)41)47-37(52)31-17-27(21-49(31)2)46-35(50)25-11-9-23(10-12-25)7-8-24-15-26-5-3-4-6-29(26)43-18-24/h3-12,15-18,21-22,32-33H,13-14,19-20H2,1-2H3,(H,42,51)(H,44,45)(H,46,50)(H,47,52)/b8-7+. The molecule has 0 aliphatic rings. The number of halogens is 4. The van der Waals surface area contributed by atoms with E-state index in [0.29, 0.717) is 16.9 Å². The van der Waals surface area contributed by atoms with E-state index in [-0.39, 0.29) is 36.1 Å². The second-order valence-electron chi connectivity index (χ2n) is 11.7. The van der Waals surface area contributed by atoms with Gasteiger partial charge >= 0.3 is 0 Å². The molecule has 270 valence electrons. The second kappa shape index (κ2) is 17.1. The molecule has 5 aromatic rings. The van der Waals surface area contributed by atoms with Crippen LogP contribution in [0.4, 0.5) is 28.9 Å². The SMILES string of the molecule is Cn1cc(NC(=O)c2cc(NC(=O)c3ccc(/C=C/c4cnc5ccccc5c4)cc3)cn2C)cc1C(=O)NCCC(=NCC(F)F)NCC(F)F. The number of amides is 3. The summed E-state index contributed by atoms with van der Waals surface area (Å²) in [6, 6.07) is 20.0. The Morgan fingerprint density at radius 3 is 2.08 bits per heavy atom. The van der Waals surface area contributed by atoms with E-state index in [1.807, 2.05) is 48.6 Å². The molecule has 0 atom stereocenters. The van der Waals surface area contributed by atoms with E-state index in [4.69, 9.17) is 0 Å². The van der Waals surface area contributed by atoms with Gasteiger partial charge in [-0.2, -0.15) is 0 Å². The summed E-state index contributed by atoms with van der Waals surface area (Å²) in [5.74, 6) is -1.47. The first-order valence-corrected chi connectivity index (χ1v) is 16.1. The monoisotopic (exact) mass is 716 g/mol. The molecule has 0 saturated carbocycles. The van der Waals surface area contributed by atoms with Gasteiger partial charge in [0.05, 0.1) is 29.3 Å². The topological polar surface area (TPSA) is 134 Å². The number of nitrogens with zero attached hydrogens (tertiary/aromatic N) is 4. The smallest absolute Gasteiger partial charge is 0.272 e. The molecule has 0 unspecified atom stereocenters. The van der Waals surface area contributed by atoms with E-state index in [1.54, 1.807) is 43.2 Å². The lowest BCUT2D eigenvalue weighted by molar-refractivity contribution is 0.0944. The van der Waals surface area contributed by atoms with Crippen LogP contribution in [0.1, 0.15) is 48.9 Å². The van der Waals surface area contributed by atoms with Crippen LogP contribution in [0.2, 0.25) is 0 Å². The number of amidine groups is 1. The van der Waals surface area contributed by atoms with E-state index in [9.17, 15) is 31.9 Å². The number of para-hydroxylation sites is 1. The van der Waals surface area contributed by atoms with Gasteiger partial charge in [0.2, 0.25) is 0 Å². The molecule has 11 nitrogen and oxygen atoms in total. The summed E-state index contributed by atoms with van der Waals surface area (Å²) in [7, 11) is 3.24. The van der Waals surface area contributed by atoms with Crippen LogP contribution >= 0.6 is 0 Å². The highest BCUT2D eigenvalue weighted by molar-refractivity contribution is 6.07. The van der Waals surface area contributed by atoms with Gasteiger partial charge in [-0.25, -0.2) is 17.6 Å². The van der Waals surface area contributed by atoms with Crippen LogP contribution in [-0.4, -0.2) is 70.2 Å². The molecule has 3 aromatic heterocycles. The van der Waals surface area contributed by atoms with Crippen molar-refractivity contribution in [3.8, 4) is 0 Å². The maximum absolute atomic E-state index is 13.1. The van der Waals surface area contributed by atoms with E-state index in [1.165, 1.54) is 22.9 Å². The molecule has 5 rings (SSSR count). The summed E-state index contributed by atoms with van der Waals surface area (Å²) >= 11 is 0. The predicted octanol–water partition coefficient (Wildman–Crippen LogP) is 6.23. The van der Waals surface area contributed by atoms with Crippen molar-refractivity contribution in [2.75, 3.05) is 30.3 Å². The molecular formula is C37H36F4N8O3. The average Bonchev–Trinajstić information content (AvgIpc) is 3.68. The molecular weight excluding hydrogens is 680 g/mol. The van der Waals surface area contributed by atoms with E-state index in [0.717, 1.165) is 22.0 Å². The van der Waals surface area contributed by atoms with Crippen molar-refractivity contribution in [1.82, 2.24) is 24.8 Å². The zero-order valence-corrected chi connectivity index (χ0v) is 28.2. The second-order valence-corrected chi connectivity index (χ2v) is 11.7. The third-order valence-corrected chi connectivity index (χ3v) is 7.77. The highest BCUT2D eigenvalue weighted by atomic mass is 19.3. The van der Waals surface area contributed by atoms with E-state index in [2.05, 4.69) is 37.3 Å². The minimum atomic E-state index is -2.74. The maximum Gasteiger partial charge on any atom is 0.272 e. The predicted molar refractivity (Wildman–Crippen MR) is 193 cm³/mol. The lowest BCUT2D eigenvalue weighted by Gasteiger charge is -2.11. The number of anilines is 2. The minimum Gasteiger partial charge on any atom is -0.368 e. The number of hydrogen-bond acceptors (Lipinski definition) is 5. The van der Waals surface area contributed by atoms with E-state index >= 15 is 0 Å². The van der Waals surface area contributed by atoms with Crippen LogP contribution in [0.3, 0.4) is 0 Å². The van der Waals surface area contributed by atoms with Gasteiger partial charge in [0.15, 0.2) is 0 Å². The normalized spacial score (nSPS) is 11.8. The van der Waals surface area contributed by atoms with Crippen LogP contribution in [0.15, 0.2) is 90.3 Å². The molecule has 0 spiro atoms. The Kier molecular flexibility index (Phi) is 12.2. The molecule has 0 radical (unpaired) electrons. The number of nitrogens with one attached hydrogen (secondary N) is 4. The Bertz CT molecular complexity index is 2110. The molecule has 2 aromatic carbocycles. The number of alkyl halides is 4. The summed E-state index contributed by atoms with van der Waals surface area (Å²) in [6.07, 6.45) is 3.29. The number of pyridine rings is 1. The Labute approximate surface area is 296 Å². The highest BCUT2D eigenvalue weighted by Gasteiger charge is 2.18. The Morgan fingerprint density at radius 2 is 1.40 bits per heavy atom. The Morgan fingerprint density at radius 1 is 0.769 bits per heavy atom. The molecule has 0 fully saturated rings. The first-order chi connectivity index (χ1) is 24.9. The number of aliphatic imine (C=N–C) groups is 1. The van der Waals surface area contributed by atoms with E-state index < -0.39 is 37.8 Å². The van der Waals surface area contributed by atoms with Crippen molar-refractivity contribution in [2.24, 2.45) is 19.1 Å². The fourth-order valence-corrected chi connectivity index (χ4v) is 5.22. The molecule has 15 heteroatoms. The molecule has 0 saturated heterocycles. The van der Waals surface area contributed by atoms with Crippen LogP contribution in [0.5, 0.6) is 0 Å². The van der Waals surface area contributed by atoms with Crippen molar-refractivity contribution in [3.05, 3.63) is 113 Å². The van der Waals surface area contributed by atoms with Crippen LogP contribution in [-0.2, 0) is 14.1 Å². The van der Waals surface area contributed by atoms with Gasteiger partial charge in [-0.15, -0.1) is 0 Å². The van der Waals surface area contributed by atoms with Crippen LogP contribution in [0.25, 0.3) is 23.1 Å². The summed E-state index contributed by atoms with van der Waals surface area (Å²) in [6.45, 7) is -1.68. The van der Waals surface area contributed by atoms with Gasteiger partial charge < -0.3 is 30.4 Å². The molecule has 3 heterocycles. The Balaban J connectivity index is 1.14. The van der Waals surface area contributed by atoms with Crippen LogP contribution in [0, 0.1) is 0 Å². The van der Waals surface area contributed by atoms with Crippen molar-refractivity contribution >= 4 is 58.0 Å². The number of fused-ring (bicyclic) bond motifs is 1.